The number of rotatable bonds is 4. The van der Waals surface area contributed by atoms with E-state index in [1.165, 1.54) is 0 Å². The molecule has 0 saturated heterocycles. The Morgan fingerprint density at radius 3 is 1.38 bits per heavy atom. The van der Waals surface area contributed by atoms with E-state index in [9.17, 15) is 0 Å². The Bertz CT molecular complexity index is 202. The molecule has 0 amide bonds. The highest BCUT2D eigenvalue weighted by Crippen LogP contribution is 2.28. The number of hydrogen-bond acceptors (Lipinski definition) is 3. The van der Waals surface area contributed by atoms with Crippen LogP contribution in [-0.4, -0.2) is 25.4 Å². The van der Waals surface area contributed by atoms with Gasteiger partial charge in [0.25, 0.3) is 0 Å². The Labute approximate surface area is 105 Å². The SMILES string of the molecule is CC(C)O[Si](Cl)(OC(C)(C)C)OC(C)(C)C. The fourth-order valence-corrected chi connectivity index (χ4v) is 5.17. The van der Waals surface area contributed by atoms with E-state index in [4.69, 9.17) is 24.4 Å². The van der Waals surface area contributed by atoms with E-state index >= 15 is 0 Å². The molecule has 0 aromatic rings. The summed E-state index contributed by atoms with van der Waals surface area (Å²) in [5.74, 6) is 0. The summed E-state index contributed by atoms with van der Waals surface area (Å²) in [5.41, 5.74) is -0.762. The Hall–Kier alpha value is 0.387. The first kappa shape index (κ1) is 16.4. The lowest BCUT2D eigenvalue weighted by Crippen LogP contribution is -2.51. The van der Waals surface area contributed by atoms with Crippen molar-refractivity contribution in [2.24, 2.45) is 0 Å². The molecule has 0 bridgehead atoms. The second-order valence-electron chi connectivity index (χ2n) is 6.08. The lowest BCUT2D eigenvalue weighted by Gasteiger charge is -2.36. The van der Waals surface area contributed by atoms with Crippen molar-refractivity contribution in [1.82, 2.24) is 0 Å². The van der Waals surface area contributed by atoms with Crippen molar-refractivity contribution in [3.8, 4) is 0 Å². The minimum Gasteiger partial charge on any atom is -0.359 e. The van der Waals surface area contributed by atoms with Crippen molar-refractivity contribution in [1.29, 1.82) is 0 Å². The first-order chi connectivity index (χ1) is 6.83. The average Bonchev–Trinajstić information content (AvgIpc) is 1.69. The molecule has 98 valence electrons. The Morgan fingerprint density at radius 2 is 1.19 bits per heavy atom. The highest BCUT2D eigenvalue weighted by Gasteiger charge is 2.47. The van der Waals surface area contributed by atoms with Crippen LogP contribution in [0.2, 0.25) is 0 Å². The van der Waals surface area contributed by atoms with Gasteiger partial charge < -0.3 is 13.3 Å². The van der Waals surface area contributed by atoms with Gasteiger partial charge in [-0.25, -0.2) is 0 Å². The van der Waals surface area contributed by atoms with Crippen LogP contribution in [0.3, 0.4) is 0 Å². The normalized spacial score (nSPS) is 14.6. The third-order valence-corrected chi connectivity index (χ3v) is 4.43. The molecule has 0 radical (unpaired) electrons. The van der Waals surface area contributed by atoms with Crippen molar-refractivity contribution in [2.45, 2.75) is 72.7 Å². The summed E-state index contributed by atoms with van der Waals surface area (Å²) in [6, 6.07) is 0. The van der Waals surface area contributed by atoms with E-state index in [1.807, 2.05) is 55.4 Å². The molecular formula is C11H25ClO3Si. The number of halogens is 1. The molecule has 0 saturated carbocycles. The Morgan fingerprint density at radius 1 is 0.875 bits per heavy atom. The van der Waals surface area contributed by atoms with E-state index in [0.717, 1.165) is 0 Å². The molecule has 0 aliphatic rings. The van der Waals surface area contributed by atoms with Crippen LogP contribution in [0, 0.1) is 0 Å². The summed E-state index contributed by atoms with van der Waals surface area (Å²) in [6.07, 6.45) is -0.0196. The lowest BCUT2D eigenvalue weighted by molar-refractivity contribution is -0.0384. The molecule has 0 aliphatic heterocycles. The van der Waals surface area contributed by atoms with Gasteiger partial charge in [0.15, 0.2) is 0 Å². The van der Waals surface area contributed by atoms with Crippen LogP contribution in [0.5, 0.6) is 0 Å². The molecule has 0 aromatic heterocycles. The third-order valence-electron chi connectivity index (χ3n) is 1.23. The maximum Gasteiger partial charge on any atom is 0.614 e. The summed E-state index contributed by atoms with van der Waals surface area (Å²) in [7, 11) is -3.11. The lowest BCUT2D eigenvalue weighted by atomic mass is 10.2. The first-order valence-corrected chi connectivity index (χ1v) is 8.34. The van der Waals surface area contributed by atoms with Crippen LogP contribution in [0.4, 0.5) is 0 Å². The molecule has 5 heteroatoms. The van der Waals surface area contributed by atoms with Crippen LogP contribution in [0.1, 0.15) is 55.4 Å². The van der Waals surface area contributed by atoms with Gasteiger partial charge in [0.1, 0.15) is 0 Å². The summed E-state index contributed by atoms with van der Waals surface area (Å²) >= 11 is 6.38. The molecule has 3 nitrogen and oxygen atoms in total. The van der Waals surface area contributed by atoms with Crippen molar-refractivity contribution in [2.75, 3.05) is 0 Å². The molecule has 0 rings (SSSR count). The summed E-state index contributed by atoms with van der Waals surface area (Å²) in [6.45, 7) is 15.5. The van der Waals surface area contributed by atoms with Crippen LogP contribution in [-0.2, 0) is 13.3 Å². The van der Waals surface area contributed by atoms with Gasteiger partial charge in [-0.05, 0) is 55.4 Å². The third kappa shape index (κ3) is 8.53. The standard InChI is InChI=1S/C11H25ClO3Si/c1-9(2)13-16(12,14-10(3,4)5)15-11(6,7)8/h9H,1-8H3. The Balaban J connectivity index is 4.75. The van der Waals surface area contributed by atoms with Crippen LogP contribution >= 0.6 is 11.1 Å². The fraction of sp³-hybridized carbons (Fsp3) is 1.00. The molecule has 0 unspecified atom stereocenters. The van der Waals surface area contributed by atoms with Gasteiger partial charge in [-0.3, -0.25) is 0 Å². The molecule has 0 aliphatic carbocycles. The summed E-state index contributed by atoms with van der Waals surface area (Å²) < 4.78 is 17.2. The minimum atomic E-state index is -3.11. The van der Waals surface area contributed by atoms with E-state index < -0.39 is 8.11 Å². The molecule has 0 fully saturated rings. The van der Waals surface area contributed by atoms with Gasteiger partial charge in [0.2, 0.25) is 0 Å². The van der Waals surface area contributed by atoms with Gasteiger partial charge in [0, 0.05) is 6.10 Å². The monoisotopic (exact) mass is 268 g/mol. The zero-order valence-electron chi connectivity index (χ0n) is 11.7. The van der Waals surface area contributed by atoms with E-state index in [2.05, 4.69) is 0 Å². The second-order valence-corrected chi connectivity index (χ2v) is 9.07. The van der Waals surface area contributed by atoms with Crippen molar-refractivity contribution in [3.05, 3.63) is 0 Å². The van der Waals surface area contributed by atoms with Crippen LogP contribution in [0.15, 0.2) is 0 Å². The fourth-order valence-electron chi connectivity index (χ4n) is 1.08. The molecule has 0 spiro atoms. The van der Waals surface area contributed by atoms with Crippen molar-refractivity contribution >= 4 is 19.2 Å². The predicted octanol–water partition coefficient (Wildman–Crippen LogP) is 3.72. The quantitative estimate of drug-likeness (QED) is 0.575. The zero-order chi connectivity index (χ0) is 13.2. The van der Waals surface area contributed by atoms with Gasteiger partial charge >= 0.3 is 8.11 Å². The first-order valence-electron chi connectivity index (χ1n) is 5.60. The topological polar surface area (TPSA) is 27.7 Å². The molecule has 16 heavy (non-hydrogen) atoms. The van der Waals surface area contributed by atoms with E-state index in [-0.39, 0.29) is 17.3 Å². The predicted molar refractivity (Wildman–Crippen MR) is 69.5 cm³/mol. The minimum absolute atomic E-state index is 0.0196. The van der Waals surface area contributed by atoms with Crippen molar-refractivity contribution < 1.29 is 13.3 Å². The van der Waals surface area contributed by atoms with Gasteiger partial charge in [-0.1, -0.05) is 11.1 Å². The van der Waals surface area contributed by atoms with Gasteiger partial charge in [0.05, 0.1) is 11.2 Å². The average molecular weight is 269 g/mol. The summed E-state index contributed by atoms with van der Waals surface area (Å²) in [4.78, 5) is 0. The van der Waals surface area contributed by atoms with Crippen LogP contribution < -0.4 is 0 Å². The molecular weight excluding hydrogens is 244 g/mol. The molecule has 0 atom stereocenters. The Kier molecular flexibility index (Phi) is 5.48. The van der Waals surface area contributed by atoms with E-state index in [1.54, 1.807) is 0 Å². The molecule has 0 heterocycles. The highest BCUT2D eigenvalue weighted by atomic mass is 35.6. The van der Waals surface area contributed by atoms with E-state index in [0.29, 0.717) is 0 Å². The van der Waals surface area contributed by atoms with Gasteiger partial charge in [-0.2, -0.15) is 0 Å². The second kappa shape index (κ2) is 5.36. The molecule has 0 aromatic carbocycles. The zero-order valence-corrected chi connectivity index (χ0v) is 13.4. The summed E-state index contributed by atoms with van der Waals surface area (Å²) in [5, 5.41) is 0. The largest absolute Gasteiger partial charge is 0.614 e. The van der Waals surface area contributed by atoms with Crippen LogP contribution in [0.25, 0.3) is 0 Å². The maximum absolute atomic E-state index is 6.38. The number of hydrogen-bond donors (Lipinski definition) is 0. The molecule has 0 N–H and O–H groups in total. The van der Waals surface area contributed by atoms with Crippen molar-refractivity contribution in [3.63, 3.8) is 0 Å². The smallest absolute Gasteiger partial charge is 0.359 e. The van der Waals surface area contributed by atoms with Gasteiger partial charge in [-0.15, -0.1) is 0 Å². The maximum atomic E-state index is 6.38. The highest BCUT2D eigenvalue weighted by molar-refractivity contribution is 7.09.